The average Bonchev–Trinajstić information content (AvgIpc) is 2.50. The lowest BCUT2D eigenvalue weighted by molar-refractivity contribution is 0.434. The summed E-state index contributed by atoms with van der Waals surface area (Å²) in [5.74, 6) is 1.55. The highest BCUT2D eigenvalue weighted by molar-refractivity contribution is 9.10. The van der Waals surface area contributed by atoms with Crippen LogP contribution in [0, 0.1) is 12.8 Å². The minimum Gasteiger partial charge on any atom is -0.319 e. The lowest BCUT2D eigenvalue weighted by atomic mass is 9.87. The van der Waals surface area contributed by atoms with Crippen LogP contribution >= 0.6 is 15.9 Å². The van der Waals surface area contributed by atoms with E-state index < -0.39 is 0 Å². The number of aromatic nitrogens is 2. The number of benzene rings is 1. The van der Waals surface area contributed by atoms with E-state index in [0.717, 1.165) is 35.2 Å². The first-order valence-corrected chi connectivity index (χ1v) is 8.22. The van der Waals surface area contributed by atoms with Gasteiger partial charge in [-0.25, -0.2) is 9.97 Å². The van der Waals surface area contributed by atoms with Gasteiger partial charge in [-0.05, 0) is 62.9 Å². The van der Waals surface area contributed by atoms with Gasteiger partial charge in [-0.1, -0.05) is 28.1 Å². The third-order valence-electron chi connectivity index (χ3n) is 4.18. The predicted molar refractivity (Wildman–Crippen MR) is 89.3 cm³/mol. The highest BCUT2D eigenvalue weighted by atomic mass is 79.9. The van der Waals surface area contributed by atoms with E-state index in [4.69, 9.17) is 4.98 Å². The maximum Gasteiger partial charge on any atom is 0.159 e. The van der Waals surface area contributed by atoms with E-state index in [9.17, 15) is 0 Å². The molecule has 1 aliphatic carbocycles. The number of nitrogens with zero attached hydrogens (tertiary/aromatic N) is 2. The van der Waals surface area contributed by atoms with Crippen LogP contribution in [0.15, 0.2) is 28.9 Å². The summed E-state index contributed by atoms with van der Waals surface area (Å²) in [7, 11) is 2.02. The summed E-state index contributed by atoms with van der Waals surface area (Å²) in [6.07, 6.45) is 5.38. The molecule has 21 heavy (non-hydrogen) atoms. The first-order valence-electron chi connectivity index (χ1n) is 7.43. The summed E-state index contributed by atoms with van der Waals surface area (Å²) in [6, 6.07) is 6.29. The Morgan fingerprint density at radius 1 is 1.38 bits per heavy atom. The van der Waals surface area contributed by atoms with Gasteiger partial charge in [-0.2, -0.15) is 0 Å². The van der Waals surface area contributed by atoms with Crippen LogP contribution in [0.2, 0.25) is 0 Å². The van der Waals surface area contributed by atoms with Crippen LogP contribution < -0.4 is 5.32 Å². The Morgan fingerprint density at radius 3 is 3.00 bits per heavy atom. The standard InChI is InChI=1S/C17H20BrN3/c1-11-3-5-13(8-15(11)18)17-20-10-14-7-12(9-19-2)4-6-16(14)21-17/h3,5,8,10,12,19H,4,6-7,9H2,1-2H3. The number of nitrogens with one attached hydrogen (secondary N) is 1. The largest absolute Gasteiger partial charge is 0.319 e. The fraction of sp³-hybridized carbons (Fsp3) is 0.412. The number of rotatable bonds is 3. The first-order chi connectivity index (χ1) is 10.2. The van der Waals surface area contributed by atoms with Crippen molar-refractivity contribution in [3.05, 3.63) is 45.7 Å². The molecule has 1 aliphatic rings. The van der Waals surface area contributed by atoms with Crippen LogP contribution in [0.3, 0.4) is 0 Å². The summed E-state index contributed by atoms with van der Waals surface area (Å²) < 4.78 is 1.11. The van der Waals surface area contributed by atoms with Crippen molar-refractivity contribution in [2.75, 3.05) is 13.6 Å². The normalized spacial score (nSPS) is 17.6. The topological polar surface area (TPSA) is 37.8 Å². The van der Waals surface area contributed by atoms with Crippen molar-refractivity contribution in [2.45, 2.75) is 26.2 Å². The fourth-order valence-corrected chi connectivity index (χ4v) is 3.30. The van der Waals surface area contributed by atoms with Crippen LogP contribution in [-0.2, 0) is 12.8 Å². The summed E-state index contributed by atoms with van der Waals surface area (Å²) in [6.45, 7) is 3.16. The van der Waals surface area contributed by atoms with Crippen molar-refractivity contribution in [3.63, 3.8) is 0 Å². The molecule has 1 atom stereocenters. The highest BCUT2D eigenvalue weighted by Crippen LogP contribution is 2.27. The van der Waals surface area contributed by atoms with Crippen molar-refractivity contribution in [1.82, 2.24) is 15.3 Å². The molecule has 0 bridgehead atoms. The molecule has 0 aliphatic heterocycles. The second-order valence-corrected chi connectivity index (χ2v) is 6.65. The number of fused-ring (bicyclic) bond motifs is 1. The van der Waals surface area contributed by atoms with Crippen LogP contribution in [0.5, 0.6) is 0 Å². The van der Waals surface area contributed by atoms with E-state index in [1.807, 2.05) is 13.2 Å². The quantitative estimate of drug-likeness (QED) is 0.924. The van der Waals surface area contributed by atoms with E-state index in [1.54, 1.807) is 0 Å². The zero-order chi connectivity index (χ0) is 14.8. The maximum atomic E-state index is 4.80. The molecule has 3 rings (SSSR count). The average molecular weight is 346 g/mol. The number of hydrogen-bond donors (Lipinski definition) is 1. The highest BCUT2D eigenvalue weighted by Gasteiger charge is 2.20. The van der Waals surface area contributed by atoms with E-state index in [1.165, 1.54) is 23.2 Å². The van der Waals surface area contributed by atoms with Gasteiger partial charge >= 0.3 is 0 Å². The van der Waals surface area contributed by atoms with E-state index >= 15 is 0 Å². The molecule has 0 fully saturated rings. The summed E-state index contributed by atoms with van der Waals surface area (Å²) in [5.41, 5.74) is 4.85. The van der Waals surface area contributed by atoms with Crippen molar-refractivity contribution in [3.8, 4) is 11.4 Å². The van der Waals surface area contributed by atoms with Crippen LogP contribution in [0.25, 0.3) is 11.4 Å². The van der Waals surface area contributed by atoms with Crippen molar-refractivity contribution >= 4 is 15.9 Å². The van der Waals surface area contributed by atoms with Gasteiger partial charge in [-0.3, -0.25) is 0 Å². The molecule has 0 saturated heterocycles. The van der Waals surface area contributed by atoms with Gasteiger partial charge in [0, 0.05) is 21.9 Å². The molecule has 4 heteroatoms. The Balaban J connectivity index is 1.88. The Kier molecular flexibility index (Phi) is 4.36. The smallest absolute Gasteiger partial charge is 0.159 e. The van der Waals surface area contributed by atoms with Crippen LogP contribution in [0.4, 0.5) is 0 Å². The summed E-state index contributed by atoms with van der Waals surface area (Å²) >= 11 is 3.58. The lowest BCUT2D eigenvalue weighted by Gasteiger charge is -2.23. The fourth-order valence-electron chi connectivity index (χ4n) is 2.92. The van der Waals surface area contributed by atoms with Gasteiger partial charge in [0.25, 0.3) is 0 Å². The minimum atomic E-state index is 0.713. The molecule has 110 valence electrons. The number of hydrogen-bond acceptors (Lipinski definition) is 3. The molecule has 1 heterocycles. The van der Waals surface area contributed by atoms with Crippen molar-refractivity contribution < 1.29 is 0 Å². The minimum absolute atomic E-state index is 0.713. The molecule has 1 unspecified atom stereocenters. The Hall–Kier alpha value is -1.26. The monoisotopic (exact) mass is 345 g/mol. The van der Waals surface area contributed by atoms with Crippen LogP contribution in [-0.4, -0.2) is 23.6 Å². The Bertz CT molecular complexity index is 654. The van der Waals surface area contributed by atoms with E-state index in [-0.39, 0.29) is 0 Å². The van der Waals surface area contributed by atoms with Gasteiger partial charge in [0.15, 0.2) is 5.82 Å². The molecular formula is C17H20BrN3. The third kappa shape index (κ3) is 3.16. The SMILES string of the molecule is CNCC1CCc2nc(-c3ccc(C)c(Br)c3)ncc2C1. The van der Waals surface area contributed by atoms with Gasteiger partial charge in [0.05, 0.1) is 0 Å². The van der Waals surface area contributed by atoms with Crippen LogP contribution in [0.1, 0.15) is 23.2 Å². The van der Waals surface area contributed by atoms with Crippen molar-refractivity contribution in [1.29, 1.82) is 0 Å². The number of aryl methyl sites for hydroxylation is 2. The molecule has 0 saturated carbocycles. The molecule has 3 nitrogen and oxygen atoms in total. The second-order valence-electron chi connectivity index (χ2n) is 5.80. The van der Waals surface area contributed by atoms with Gasteiger partial charge in [-0.15, -0.1) is 0 Å². The molecular weight excluding hydrogens is 326 g/mol. The number of halogens is 1. The molecule has 0 amide bonds. The van der Waals surface area contributed by atoms with Gasteiger partial charge < -0.3 is 5.32 Å². The molecule has 0 spiro atoms. The Labute approximate surface area is 134 Å². The molecule has 1 N–H and O–H groups in total. The third-order valence-corrected chi connectivity index (χ3v) is 5.03. The van der Waals surface area contributed by atoms with Gasteiger partial charge in [0.1, 0.15) is 0 Å². The second kappa shape index (κ2) is 6.24. The lowest BCUT2D eigenvalue weighted by Crippen LogP contribution is -2.25. The zero-order valence-electron chi connectivity index (χ0n) is 12.5. The predicted octanol–water partition coefficient (Wildman–Crippen LogP) is 3.54. The molecule has 0 radical (unpaired) electrons. The summed E-state index contributed by atoms with van der Waals surface area (Å²) in [4.78, 5) is 9.37. The molecule has 1 aromatic heterocycles. The molecule has 2 aromatic rings. The summed E-state index contributed by atoms with van der Waals surface area (Å²) in [5, 5.41) is 3.27. The Morgan fingerprint density at radius 2 is 2.24 bits per heavy atom. The van der Waals surface area contributed by atoms with E-state index in [0.29, 0.717) is 5.92 Å². The molecule has 1 aromatic carbocycles. The first kappa shape index (κ1) is 14.7. The van der Waals surface area contributed by atoms with Gasteiger partial charge in [0.2, 0.25) is 0 Å². The van der Waals surface area contributed by atoms with E-state index in [2.05, 4.69) is 51.4 Å². The van der Waals surface area contributed by atoms with Crippen molar-refractivity contribution in [2.24, 2.45) is 5.92 Å². The maximum absolute atomic E-state index is 4.80. The zero-order valence-corrected chi connectivity index (χ0v) is 14.1.